The van der Waals surface area contributed by atoms with Gasteiger partial charge in [0.05, 0.1) is 6.61 Å². The third-order valence-electron chi connectivity index (χ3n) is 5.18. The van der Waals surface area contributed by atoms with Gasteiger partial charge in [0.2, 0.25) is 0 Å². The lowest BCUT2D eigenvalue weighted by Crippen LogP contribution is -2.22. The monoisotopic (exact) mass is 384 g/mol. The highest BCUT2D eigenvalue weighted by atomic mass is 19.1. The average molecular weight is 384 g/mol. The number of hydrogen-bond acceptors (Lipinski definition) is 3. The minimum absolute atomic E-state index is 0.167. The summed E-state index contributed by atoms with van der Waals surface area (Å²) in [6.45, 7) is 11.1. The van der Waals surface area contributed by atoms with E-state index in [1.165, 1.54) is 0 Å². The molecule has 3 rings (SSSR count). The van der Waals surface area contributed by atoms with E-state index < -0.39 is 12.1 Å². The highest BCUT2D eigenvalue weighted by Crippen LogP contribution is 2.39. The molecule has 0 spiro atoms. The van der Waals surface area contributed by atoms with Crippen LogP contribution >= 0.6 is 0 Å². The first-order valence-electron chi connectivity index (χ1n) is 9.65. The molecule has 1 aliphatic carbocycles. The molecule has 0 N–H and O–H groups in total. The van der Waals surface area contributed by atoms with E-state index in [0.717, 1.165) is 23.5 Å². The van der Waals surface area contributed by atoms with Gasteiger partial charge >= 0.3 is 0 Å². The van der Waals surface area contributed by atoms with Crippen LogP contribution in [-0.2, 0) is 14.9 Å². The van der Waals surface area contributed by atoms with Crippen LogP contribution in [0.1, 0.15) is 26.3 Å². The molecule has 2 aliphatic rings. The molecule has 1 fully saturated rings. The van der Waals surface area contributed by atoms with Crippen molar-refractivity contribution in [2.75, 3.05) is 26.5 Å². The number of epoxide rings is 1. The predicted molar refractivity (Wildman–Crippen MR) is 110 cm³/mol. The van der Waals surface area contributed by atoms with Crippen molar-refractivity contribution in [3.8, 4) is 5.75 Å². The Bertz CT molecular complexity index is 785. The Balaban J connectivity index is 1.83. The molecule has 1 heterocycles. The molecule has 0 saturated carbocycles. The molecule has 4 heteroatoms. The van der Waals surface area contributed by atoms with Crippen LogP contribution in [0.25, 0.3) is 0 Å². The molecule has 1 saturated heterocycles. The van der Waals surface area contributed by atoms with Crippen LogP contribution in [0, 0.1) is 5.41 Å². The molecule has 1 aromatic rings. The normalized spacial score (nSPS) is 24.1. The van der Waals surface area contributed by atoms with E-state index >= 15 is 0 Å². The van der Waals surface area contributed by atoms with Gasteiger partial charge < -0.3 is 14.2 Å². The third kappa shape index (κ3) is 4.93. The van der Waals surface area contributed by atoms with Crippen molar-refractivity contribution in [2.24, 2.45) is 5.41 Å². The van der Waals surface area contributed by atoms with E-state index in [4.69, 9.17) is 14.2 Å². The summed E-state index contributed by atoms with van der Waals surface area (Å²) in [7, 11) is 0. The third-order valence-corrected chi connectivity index (χ3v) is 5.18. The van der Waals surface area contributed by atoms with E-state index in [1.54, 1.807) is 6.08 Å². The van der Waals surface area contributed by atoms with Crippen LogP contribution in [0.2, 0.25) is 0 Å². The molecular weight excluding hydrogens is 355 g/mol. The van der Waals surface area contributed by atoms with Crippen molar-refractivity contribution < 1.29 is 18.6 Å². The first kappa shape index (κ1) is 20.4. The van der Waals surface area contributed by atoms with Crippen LogP contribution in [0.15, 0.2) is 72.6 Å². The number of benzene rings is 1. The molecule has 28 heavy (non-hydrogen) atoms. The Labute approximate surface area is 167 Å². The number of alkyl halides is 1. The molecule has 2 unspecified atom stereocenters. The molecule has 0 amide bonds. The Morgan fingerprint density at radius 3 is 2.54 bits per heavy atom. The lowest BCUT2D eigenvalue weighted by molar-refractivity contribution is 0.188. The highest BCUT2D eigenvalue weighted by molar-refractivity contribution is 5.46. The van der Waals surface area contributed by atoms with Gasteiger partial charge in [-0.25, -0.2) is 4.39 Å². The number of rotatable bonds is 9. The van der Waals surface area contributed by atoms with E-state index in [9.17, 15) is 4.39 Å². The zero-order valence-electron chi connectivity index (χ0n) is 16.9. The Hall–Kier alpha value is -2.33. The molecule has 1 aliphatic heterocycles. The number of allylic oxidation sites excluding steroid dienone is 5. The van der Waals surface area contributed by atoms with E-state index in [0.29, 0.717) is 19.0 Å². The fraction of sp³-hybridized carbons (Fsp3) is 0.417. The number of ether oxygens (including phenoxy) is 3. The molecule has 2 atom stereocenters. The van der Waals surface area contributed by atoms with Crippen molar-refractivity contribution >= 4 is 0 Å². The summed E-state index contributed by atoms with van der Waals surface area (Å²) in [6.07, 6.45) is 9.72. The first-order valence-corrected chi connectivity index (χ1v) is 9.65. The summed E-state index contributed by atoms with van der Waals surface area (Å²) < 4.78 is 30.5. The number of hydrogen-bond donors (Lipinski definition) is 0. The Morgan fingerprint density at radius 2 is 1.93 bits per heavy atom. The first-order chi connectivity index (χ1) is 13.4. The Morgan fingerprint density at radius 1 is 1.21 bits per heavy atom. The zero-order chi connectivity index (χ0) is 20.2. The average Bonchev–Trinajstić information content (AvgIpc) is 3.52. The summed E-state index contributed by atoms with van der Waals surface area (Å²) >= 11 is 0. The van der Waals surface area contributed by atoms with E-state index in [2.05, 4.69) is 32.6 Å². The fourth-order valence-corrected chi connectivity index (χ4v) is 3.19. The standard InChI is InChI=1S/C24H29FO3/c1-5-12-26-20-9-6-18(7-10-20)23(2,3)19-8-11-21(27-15-22-16-28-22)14-24(4,13-19)17-25/h5-11,13-14,22H,1,12,15-17H2,2-4H3. The SMILES string of the molecule is C=CCOc1ccc(C(C)(C)C2=CC(C)(CF)C=C(OCC3CO3)C=C2)cc1. The second kappa shape index (κ2) is 8.36. The molecule has 150 valence electrons. The van der Waals surface area contributed by atoms with Gasteiger partial charge in [0.1, 0.15) is 37.5 Å². The van der Waals surface area contributed by atoms with E-state index in [-0.39, 0.29) is 11.5 Å². The van der Waals surface area contributed by atoms with Crippen molar-refractivity contribution in [1.29, 1.82) is 0 Å². The largest absolute Gasteiger partial charge is 0.491 e. The van der Waals surface area contributed by atoms with Gasteiger partial charge in [-0.3, -0.25) is 0 Å². The summed E-state index contributed by atoms with van der Waals surface area (Å²) in [5.41, 5.74) is 1.16. The molecule has 0 bridgehead atoms. The quantitative estimate of drug-likeness (QED) is 0.428. The smallest absolute Gasteiger partial charge is 0.119 e. The van der Waals surface area contributed by atoms with E-state index in [1.807, 2.05) is 43.4 Å². The van der Waals surface area contributed by atoms with Gasteiger partial charge in [-0.15, -0.1) is 0 Å². The molecule has 0 aromatic heterocycles. The maximum atomic E-state index is 13.9. The second-order valence-corrected chi connectivity index (χ2v) is 8.13. The molecule has 0 radical (unpaired) electrons. The maximum Gasteiger partial charge on any atom is 0.119 e. The molecule has 3 nitrogen and oxygen atoms in total. The Kier molecular flexibility index (Phi) is 6.09. The predicted octanol–water partition coefficient (Wildman–Crippen LogP) is 5.30. The van der Waals surface area contributed by atoms with Crippen LogP contribution in [-0.4, -0.2) is 32.6 Å². The van der Waals surface area contributed by atoms with Crippen molar-refractivity contribution in [3.05, 3.63) is 78.1 Å². The summed E-state index contributed by atoms with van der Waals surface area (Å²) in [5, 5.41) is 0. The zero-order valence-corrected chi connectivity index (χ0v) is 16.9. The van der Waals surface area contributed by atoms with Gasteiger partial charge in [0, 0.05) is 10.8 Å². The summed E-state index contributed by atoms with van der Waals surface area (Å²) in [5.74, 6) is 1.49. The molecule has 1 aromatic carbocycles. The van der Waals surface area contributed by atoms with Gasteiger partial charge in [0.15, 0.2) is 0 Å². The highest BCUT2D eigenvalue weighted by Gasteiger charge is 2.31. The maximum absolute atomic E-state index is 13.9. The van der Waals surface area contributed by atoms with Crippen LogP contribution in [0.4, 0.5) is 4.39 Å². The van der Waals surface area contributed by atoms with Gasteiger partial charge in [-0.2, -0.15) is 0 Å². The van der Waals surface area contributed by atoms with Crippen molar-refractivity contribution in [1.82, 2.24) is 0 Å². The summed E-state index contributed by atoms with van der Waals surface area (Å²) in [6, 6.07) is 8.02. The van der Waals surface area contributed by atoms with Crippen LogP contribution < -0.4 is 4.74 Å². The lowest BCUT2D eigenvalue weighted by atomic mass is 9.75. The van der Waals surface area contributed by atoms with Crippen molar-refractivity contribution in [2.45, 2.75) is 32.3 Å². The topological polar surface area (TPSA) is 31.0 Å². The fourth-order valence-electron chi connectivity index (χ4n) is 3.19. The summed E-state index contributed by atoms with van der Waals surface area (Å²) in [4.78, 5) is 0. The second-order valence-electron chi connectivity index (χ2n) is 8.13. The van der Waals surface area contributed by atoms with Crippen LogP contribution in [0.5, 0.6) is 5.75 Å². The van der Waals surface area contributed by atoms with Gasteiger partial charge in [-0.1, -0.05) is 50.8 Å². The lowest BCUT2D eigenvalue weighted by Gasteiger charge is -2.29. The van der Waals surface area contributed by atoms with Crippen LogP contribution in [0.3, 0.4) is 0 Å². The van der Waals surface area contributed by atoms with Gasteiger partial charge in [-0.05, 0) is 42.3 Å². The minimum atomic E-state index is -0.719. The minimum Gasteiger partial charge on any atom is -0.491 e. The van der Waals surface area contributed by atoms with Gasteiger partial charge in [0.25, 0.3) is 0 Å². The van der Waals surface area contributed by atoms with Crippen molar-refractivity contribution in [3.63, 3.8) is 0 Å². The molecular formula is C24H29FO3. The number of halogens is 1.